The Bertz CT molecular complexity index is 422. The molecule has 32 heavy (non-hydrogen) atoms. The smallest absolute Gasteiger partial charge is 0.465 e. The van der Waals surface area contributed by atoms with Crippen molar-refractivity contribution in [2.75, 3.05) is 26.3 Å². The highest BCUT2D eigenvalue weighted by molar-refractivity contribution is 7.30. The highest BCUT2D eigenvalue weighted by atomic mass is 31.1. The lowest BCUT2D eigenvalue weighted by molar-refractivity contribution is -0.146. The first-order valence-corrected chi connectivity index (χ1v) is 12.4. The van der Waals surface area contributed by atoms with Crippen LogP contribution < -0.4 is 22.9 Å². The van der Waals surface area contributed by atoms with Crippen LogP contribution in [0.15, 0.2) is 0 Å². The van der Waals surface area contributed by atoms with Crippen LogP contribution in [0, 0.1) is 0 Å². The summed E-state index contributed by atoms with van der Waals surface area (Å²) in [6.07, 6.45) is 8.80. The quantitative estimate of drug-likeness (QED) is 0.104. The first kappa shape index (κ1) is 35.4. The van der Waals surface area contributed by atoms with E-state index in [1.165, 1.54) is 0 Å². The summed E-state index contributed by atoms with van der Waals surface area (Å²) < 4.78 is 18.7. The van der Waals surface area contributed by atoms with Gasteiger partial charge in [0.05, 0.1) is 13.2 Å². The third-order valence-electron chi connectivity index (χ3n) is 4.03. The molecule has 0 radical (unpaired) electrons. The Morgan fingerprint density at radius 2 is 1.06 bits per heavy atom. The van der Waals surface area contributed by atoms with Crippen LogP contribution in [0.4, 0.5) is 0 Å². The number of esters is 2. The lowest BCUT2D eigenvalue weighted by Crippen LogP contribution is -2.32. The average Bonchev–Trinajstić information content (AvgIpc) is 2.74. The molecule has 0 rings (SSSR count). The Labute approximate surface area is 193 Å². The van der Waals surface area contributed by atoms with E-state index in [4.69, 9.17) is 46.8 Å². The minimum absolute atomic E-state index is 0.282. The van der Waals surface area contributed by atoms with Gasteiger partial charge in [0.1, 0.15) is 12.1 Å². The third kappa shape index (κ3) is 31.0. The number of unbranched alkanes of at least 4 members (excludes halogenated alkanes) is 4. The van der Waals surface area contributed by atoms with Crippen molar-refractivity contribution in [3.63, 3.8) is 0 Å². The topological polar surface area (TPSA) is 214 Å². The number of rotatable bonds is 16. The van der Waals surface area contributed by atoms with Crippen molar-refractivity contribution in [3.8, 4) is 0 Å². The molecule has 0 saturated carbocycles. The molecule has 0 heterocycles. The lowest BCUT2D eigenvalue weighted by Gasteiger charge is -2.10. The van der Waals surface area contributed by atoms with Crippen molar-refractivity contribution in [1.29, 1.82) is 0 Å². The van der Waals surface area contributed by atoms with Crippen LogP contribution in [0.5, 0.6) is 0 Å². The van der Waals surface area contributed by atoms with E-state index >= 15 is 0 Å². The molecule has 0 aliphatic rings. The van der Waals surface area contributed by atoms with Gasteiger partial charge in [0, 0.05) is 4.57 Å². The number of hydrogen-bond acceptors (Lipinski definition) is 9. The molecule has 10 N–H and O–H groups in total. The Morgan fingerprint density at radius 3 is 1.31 bits per heavy atom. The Balaban J connectivity index is -0.000000450. The van der Waals surface area contributed by atoms with E-state index in [-0.39, 0.29) is 11.9 Å². The zero-order valence-corrected chi connectivity index (χ0v) is 20.6. The van der Waals surface area contributed by atoms with Gasteiger partial charge in [-0.15, -0.1) is 9.79 Å². The maximum absolute atomic E-state index is 11.2. The van der Waals surface area contributed by atoms with Gasteiger partial charge in [-0.3, -0.25) is 9.59 Å². The van der Waals surface area contributed by atoms with Gasteiger partial charge in [-0.05, 0) is 51.6 Å². The maximum atomic E-state index is 11.2. The van der Waals surface area contributed by atoms with Crippen molar-refractivity contribution < 1.29 is 33.4 Å². The Morgan fingerprint density at radius 1 is 0.750 bits per heavy atom. The third-order valence-corrected chi connectivity index (χ3v) is 4.03. The SMILES string of the molecule is CCCCOC(=O)[C@@H](N)CCCCN.CCCCOC(=O)[C@@H](N)CCCCN.O=[P+](O)O. The maximum Gasteiger partial charge on any atom is 0.692 e. The van der Waals surface area contributed by atoms with E-state index in [1.807, 2.05) is 0 Å². The molecule has 0 aromatic rings. The van der Waals surface area contributed by atoms with E-state index < -0.39 is 20.3 Å². The molecule has 0 bridgehead atoms. The van der Waals surface area contributed by atoms with Gasteiger partial charge in [0.2, 0.25) is 0 Å². The summed E-state index contributed by atoms with van der Waals surface area (Å²) in [7, 11) is -2.87. The number of carbonyl (C=O) groups is 2. The zero-order chi connectivity index (χ0) is 25.2. The van der Waals surface area contributed by atoms with Gasteiger partial charge in [0.25, 0.3) is 0 Å². The van der Waals surface area contributed by atoms with Crippen LogP contribution in [-0.4, -0.2) is 60.1 Å². The van der Waals surface area contributed by atoms with E-state index in [0.29, 0.717) is 39.1 Å². The molecule has 0 aromatic carbocycles. The predicted octanol–water partition coefficient (Wildman–Crippen LogP) is 1.20. The zero-order valence-electron chi connectivity index (χ0n) is 19.7. The van der Waals surface area contributed by atoms with Crippen LogP contribution in [0.25, 0.3) is 0 Å². The van der Waals surface area contributed by atoms with Gasteiger partial charge in [-0.2, -0.15) is 0 Å². The molecule has 0 aliphatic carbocycles. The van der Waals surface area contributed by atoms with E-state index in [0.717, 1.165) is 51.4 Å². The molecule has 0 aliphatic heterocycles. The predicted molar refractivity (Wildman–Crippen MR) is 126 cm³/mol. The summed E-state index contributed by atoms with van der Waals surface area (Å²) >= 11 is 0. The van der Waals surface area contributed by atoms with Crippen LogP contribution in [0.2, 0.25) is 0 Å². The molecule has 11 nitrogen and oxygen atoms in total. The summed E-state index contributed by atoms with van der Waals surface area (Å²) in [6.45, 7) is 6.37. The Kier molecular flexibility index (Phi) is 30.8. The normalized spacial score (nSPS) is 11.8. The number of hydrogen-bond donors (Lipinski definition) is 6. The summed E-state index contributed by atoms with van der Waals surface area (Å²) in [5.74, 6) is -0.564. The standard InChI is InChI=1S/2C10H22N2O2.HO3P/c2*1-2-3-8-14-10(13)9(12)6-4-5-7-11;1-4(2)3/h2*9H,2-8,11-12H2,1H3;(H-,1,2,3)/p+1/t2*9-;/m00./s1. The van der Waals surface area contributed by atoms with Crippen molar-refractivity contribution in [2.24, 2.45) is 22.9 Å². The molecular formula is C20H46N4O7P+. The van der Waals surface area contributed by atoms with Gasteiger partial charge >= 0.3 is 20.2 Å². The fourth-order valence-electron chi connectivity index (χ4n) is 2.10. The summed E-state index contributed by atoms with van der Waals surface area (Å²) in [5.41, 5.74) is 21.9. The number of ether oxygens (including phenoxy) is 2. The van der Waals surface area contributed by atoms with Gasteiger partial charge in [0.15, 0.2) is 0 Å². The summed E-state index contributed by atoms with van der Waals surface area (Å²) in [6, 6.07) is -0.947. The summed E-state index contributed by atoms with van der Waals surface area (Å²) in [4.78, 5) is 36.7. The molecular weight excluding hydrogens is 439 g/mol. The minimum atomic E-state index is -2.87. The second-order valence-electron chi connectivity index (χ2n) is 7.08. The van der Waals surface area contributed by atoms with Gasteiger partial charge in [-0.1, -0.05) is 39.5 Å². The van der Waals surface area contributed by atoms with Gasteiger partial charge in [-0.25, -0.2) is 0 Å². The second kappa shape index (κ2) is 27.8. The average molecular weight is 486 g/mol. The van der Waals surface area contributed by atoms with Crippen molar-refractivity contribution in [3.05, 3.63) is 0 Å². The molecule has 0 amide bonds. The largest absolute Gasteiger partial charge is 0.692 e. The van der Waals surface area contributed by atoms with Crippen molar-refractivity contribution in [1.82, 2.24) is 0 Å². The fourth-order valence-corrected chi connectivity index (χ4v) is 2.10. The van der Waals surface area contributed by atoms with E-state index in [2.05, 4.69) is 13.8 Å². The molecule has 0 aromatic heterocycles. The number of nitrogens with two attached hydrogens (primary N) is 4. The second-order valence-corrected chi connectivity index (χ2v) is 7.58. The first-order chi connectivity index (χ1) is 15.2. The molecule has 0 spiro atoms. The van der Waals surface area contributed by atoms with Crippen molar-refractivity contribution >= 4 is 20.2 Å². The lowest BCUT2D eigenvalue weighted by atomic mass is 10.1. The fraction of sp³-hybridized carbons (Fsp3) is 0.900. The Hall–Kier alpha value is -1.20. The molecule has 2 atom stereocenters. The molecule has 0 fully saturated rings. The van der Waals surface area contributed by atoms with Crippen LogP contribution in [0.1, 0.15) is 78.1 Å². The molecule has 0 unspecified atom stereocenters. The van der Waals surface area contributed by atoms with Crippen LogP contribution >= 0.6 is 8.25 Å². The monoisotopic (exact) mass is 485 g/mol. The highest BCUT2D eigenvalue weighted by Gasteiger charge is 2.14. The first-order valence-electron chi connectivity index (χ1n) is 11.3. The molecule has 0 saturated heterocycles. The molecule has 12 heteroatoms. The minimum Gasteiger partial charge on any atom is -0.465 e. The van der Waals surface area contributed by atoms with E-state index in [9.17, 15) is 9.59 Å². The summed E-state index contributed by atoms with van der Waals surface area (Å²) in [5, 5.41) is 0. The highest BCUT2D eigenvalue weighted by Crippen LogP contribution is 2.02. The van der Waals surface area contributed by atoms with Crippen molar-refractivity contribution in [2.45, 2.75) is 90.1 Å². The van der Waals surface area contributed by atoms with Crippen LogP contribution in [-0.2, 0) is 23.6 Å². The molecule has 192 valence electrons. The van der Waals surface area contributed by atoms with Crippen LogP contribution in [0.3, 0.4) is 0 Å². The number of carbonyl (C=O) groups excluding carboxylic acids is 2. The van der Waals surface area contributed by atoms with E-state index in [1.54, 1.807) is 0 Å². The van der Waals surface area contributed by atoms with Gasteiger partial charge < -0.3 is 32.4 Å².